The van der Waals surface area contributed by atoms with Crippen LogP contribution in [0, 0.1) is 0 Å². The van der Waals surface area contributed by atoms with Crippen molar-refractivity contribution in [2.75, 3.05) is 17.7 Å². The molecule has 0 fully saturated rings. The molecule has 0 saturated carbocycles. The van der Waals surface area contributed by atoms with Crippen LogP contribution in [0.3, 0.4) is 0 Å². The van der Waals surface area contributed by atoms with E-state index in [0.29, 0.717) is 29.1 Å². The first-order chi connectivity index (χ1) is 15.1. The van der Waals surface area contributed by atoms with E-state index in [0.717, 1.165) is 39.9 Å². The number of anilines is 1. The molecule has 7 nitrogen and oxygen atoms in total. The average molecular weight is 503 g/mol. The molecule has 1 aliphatic rings. The Morgan fingerprint density at radius 1 is 1.19 bits per heavy atom. The molecule has 0 unspecified atom stereocenters. The minimum atomic E-state index is -0.550. The second kappa shape index (κ2) is 9.74. The topological polar surface area (TPSA) is 89.4 Å². The van der Waals surface area contributed by atoms with Crippen LogP contribution >= 0.6 is 27.7 Å². The number of halogens is 1. The van der Waals surface area contributed by atoms with Gasteiger partial charge in [-0.25, -0.2) is 0 Å². The lowest BCUT2D eigenvalue weighted by atomic mass is 10.1. The van der Waals surface area contributed by atoms with Crippen molar-refractivity contribution in [3.05, 3.63) is 46.4 Å². The van der Waals surface area contributed by atoms with Crippen molar-refractivity contribution < 1.29 is 14.6 Å². The summed E-state index contributed by atoms with van der Waals surface area (Å²) in [6.07, 6.45) is 1.64. The minimum absolute atomic E-state index is 0.0857. The molecule has 2 aromatic carbocycles. The summed E-state index contributed by atoms with van der Waals surface area (Å²) in [5, 5.41) is 22.8. The highest BCUT2D eigenvalue weighted by Gasteiger charge is 2.27. The zero-order chi connectivity index (χ0) is 21.8. The highest BCUT2D eigenvalue weighted by atomic mass is 79.9. The number of phenolic OH excluding ortho intramolecular Hbond substituents is 1. The Labute approximate surface area is 193 Å². The average Bonchev–Trinajstić information content (AvgIpc) is 2.92. The summed E-state index contributed by atoms with van der Waals surface area (Å²) in [7, 11) is 0. The third-order valence-corrected chi connectivity index (χ3v) is 6.12. The molecule has 2 heterocycles. The van der Waals surface area contributed by atoms with Gasteiger partial charge in [0.15, 0.2) is 23.4 Å². The molecule has 1 aromatic heterocycles. The molecule has 0 bridgehead atoms. The summed E-state index contributed by atoms with van der Waals surface area (Å²) in [6.45, 7) is 4.47. The lowest BCUT2D eigenvalue weighted by molar-refractivity contribution is 0.224. The summed E-state index contributed by atoms with van der Waals surface area (Å²) in [4.78, 5) is 4.66. The van der Waals surface area contributed by atoms with Crippen LogP contribution in [0.5, 0.6) is 17.4 Å². The predicted octanol–water partition coefficient (Wildman–Crippen LogP) is 5.80. The van der Waals surface area contributed by atoms with E-state index in [4.69, 9.17) is 9.47 Å². The first-order valence-corrected chi connectivity index (χ1v) is 11.9. The van der Waals surface area contributed by atoms with Gasteiger partial charge in [-0.1, -0.05) is 41.0 Å². The van der Waals surface area contributed by atoms with Gasteiger partial charge in [-0.3, -0.25) is 0 Å². The zero-order valence-electron chi connectivity index (χ0n) is 17.3. The van der Waals surface area contributed by atoms with E-state index in [2.05, 4.69) is 43.4 Å². The Balaban J connectivity index is 1.75. The van der Waals surface area contributed by atoms with Crippen molar-refractivity contribution in [1.29, 1.82) is 0 Å². The van der Waals surface area contributed by atoms with Crippen LogP contribution in [0.15, 0.2) is 46.0 Å². The normalized spacial score (nSPS) is 14.6. The van der Waals surface area contributed by atoms with Gasteiger partial charge in [-0.15, -0.1) is 10.2 Å². The maximum atomic E-state index is 10.1. The molecule has 0 spiro atoms. The highest BCUT2D eigenvalue weighted by molar-refractivity contribution is 9.10. The van der Waals surface area contributed by atoms with Gasteiger partial charge >= 0.3 is 0 Å². The van der Waals surface area contributed by atoms with Gasteiger partial charge < -0.3 is 19.9 Å². The van der Waals surface area contributed by atoms with Crippen molar-refractivity contribution in [2.45, 2.75) is 38.1 Å². The van der Waals surface area contributed by atoms with E-state index in [-0.39, 0.29) is 5.75 Å². The second-order valence-electron chi connectivity index (χ2n) is 6.94. The Morgan fingerprint density at radius 3 is 2.87 bits per heavy atom. The highest BCUT2D eigenvalue weighted by Crippen LogP contribution is 2.41. The molecule has 0 amide bonds. The van der Waals surface area contributed by atoms with E-state index >= 15 is 0 Å². The molecule has 9 heteroatoms. The van der Waals surface area contributed by atoms with Gasteiger partial charge in [-0.05, 0) is 49.7 Å². The number of rotatable bonds is 7. The molecule has 1 atom stereocenters. The molecule has 4 rings (SSSR count). The van der Waals surface area contributed by atoms with Gasteiger partial charge in [0.05, 0.1) is 6.61 Å². The van der Waals surface area contributed by atoms with Crippen LogP contribution in [0.2, 0.25) is 0 Å². The van der Waals surface area contributed by atoms with Crippen LogP contribution in [-0.2, 0) is 0 Å². The molecular weight excluding hydrogens is 480 g/mol. The zero-order valence-corrected chi connectivity index (χ0v) is 19.7. The van der Waals surface area contributed by atoms with E-state index in [1.807, 2.05) is 25.1 Å². The molecule has 0 saturated heterocycles. The first-order valence-electron chi connectivity index (χ1n) is 10.2. The Bertz CT molecular complexity index is 1080. The largest absolute Gasteiger partial charge is 0.504 e. The SMILES string of the molecule is CCCCSc1nnc2c(n1)O[C@@H](c1ccc(O)c(OCC)c1)Nc1ccc(Br)cc1-2. The number of fused-ring (bicyclic) bond motifs is 3. The van der Waals surface area contributed by atoms with Gasteiger partial charge in [0, 0.05) is 27.0 Å². The maximum Gasteiger partial charge on any atom is 0.247 e. The van der Waals surface area contributed by atoms with Crippen molar-refractivity contribution >= 4 is 33.4 Å². The number of thioether (sulfide) groups is 1. The molecule has 2 N–H and O–H groups in total. The van der Waals surface area contributed by atoms with Crippen molar-refractivity contribution in [3.63, 3.8) is 0 Å². The van der Waals surface area contributed by atoms with E-state index < -0.39 is 6.23 Å². The third kappa shape index (κ3) is 4.88. The van der Waals surface area contributed by atoms with E-state index in [1.165, 1.54) is 0 Å². The number of unbranched alkanes of at least 4 members (excludes halogenated alkanes) is 1. The molecule has 3 aromatic rings. The Hall–Kier alpha value is -2.52. The molecule has 0 aliphatic carbocycles. The van der Waals surface area contributed by atoms with Gasteiger partial charge in [0.25, 0.3) is 0 Å². The monoisotopic (exact) mass is 502 g/mol. The number of ether oxygens (including phenoxy) is 2. The van der Waals surface area contributed by atoms with E-state index in [1.54, 1.807) is 30.0 Å². The number of aromatic hydroxyl groups is 1. The Morgan fingerprint density at radius 2 is 2.06 bits per heavy atom. The predicted molar refractivity (Wildman–Crippen MR) is 125 cm³/mol. The van der Waals surface area contributed by atoms with Crippen LogP contribution in [0.25, 0.3) is 11.3 Å². The fourth-order valence-corrected chi connectivity index (χ4v) is 4.38. The number of nitrogens with one attached hydrogen (secondary N) is 1. The standard InChI is InChI=1S/C22H23BrN4O3S/c1-3-5-10-31-22-25-21-19(26-27-22)15-12-14(23)7-8-16(15)24-20(30-21)13-6-9-17(28)18(11-13)29-4-2/h6-9,11-12,20,24,28H,3-5,10H2,1-2H3/t20-/m0/s1. The van der Waals surface area contributed by atoms with Crippen LogP contribution < -0.4 is 14.8 Å². The molecule has 1 aliphatic heterocycles. The van der Waals surface area contributed by atoms with E-state index in [9.17, 15) is 5.11 Å². The van der Waals surface area contributed by atoms with Gasteiger partial charge in [-0.2, -0.15) is 4.98 Å². The van der Waals surface area contributed by atoms with Gasteiger partial charge in [0.2, 0.25) is 11.0 Å². The Kier molecular flexibility index (Phi) is 6.82. The van der Waals surface area contributed by atoms with Crippen molar-refractivity contribution in [2.24, 2.45) is 0 Å². The molecule has 0 radical (unpaired) electrons. The fraction of sp³-hybridized carbons (Fsp3) is 0.318. The summed E-state index contributed by atoms with van der Waals surface area (Å²) < 4.78 is 12.8. The minimum Gasteiger partial charge on any atom is -0.504 e. The first kappa shape index (κ1) is 21.7. The van der Waals surface area contributed by atoms with Crippen LogP contribution in [0.4, 0.5) is 5.69 Å². The number of hydrogen-bond acceptors (Lipinski definition) is 8. The van der Waals surface area contributed by atoms with Crippen LogP contribution in [0.1, 0.15) is 38.5 Å². The second-order valence-corrected chi connectivity index (χ2v) is 8.92. The summed E-state index contributed by atoms with van der Waals surface area (Å²) in [5.74, 6) is 1.83. The van der Waals surface area contributed by atoms with Crippen molar-refractivity contribution in [1.82, 2.24) is 15.2 Å². The lowest BCUT2D eigenvalue weighted by Gasteiger charge is -2.20. The number of benzene rings is 2. The smallest absolute Gasteiger partial charge is 0.247 e. The quantitative estimate of drug-likeness (QED) is 0.309. The number of phenols is 1. The van der Waals surface area contributed by atoms with Gasteiger partial charge in [0.1, 0.15) is 0 Å². The molecule has 162 valence electrons. The molecule has 31 heavy (non-hydrogen) atoms. The number of hydrogen-bond donors (Lipinski definition) is 2. The fourth-order valence-electron chi connectivity index (χ4n) is 3.15. The summed E-state index contributed by atoms with van der Waals surface area (Å²) >= 11 is 5.10. The lowest BCUT2D eigenvalue weighted by Crippen LogP contribution is -2.17. The number of aromatic nitrogens is 3. The molecular formula is C22H23BrN4O3S. The summed E-state index contributed by atoms with van der Waals surface area (Å²) in [5.41, 5.74) is 3.07. The van der Waals surface area contributed by atoms with Crippen molar-refractivity contribution in [3.8, 4) is 28.6 Å². The number of nitrogens with zero attached hydrogens (tertiary/aromatic N) is 3. The third-order valence-electron chi connectivity index (χ3n) is 4.70. The maximum absolute atomic E-state index is 10.1. The summed E-state index contributed by atoms with van der Waals surface area (Å²) in [6, 6.07) is 11.0. The van der Waals surface area contributed by atoms with Crippen LogP contribution in [-0.4, -0.2) is 32.6 Å².